The van der Waals surface area contributed by atoms with E-state index in [0.29, 0.717) is 11.3 Å². The molecule has 1 amide bonds. The van der Waals surface area contributed by atoms with E-state index >= 15 is 0 Å². The highest BCUT2D eigenvalue weighted by atomic mass is 32.2. The van der Waals surface area contributed by atoms with E-state index < -0.39 is 10.0 Å². The lowest BCUT2D eigenvalue weighted by Gasteiger charge is -2.23. The van der Waals surface area contributed by atoms with Gasteiger partial charge in [0, 0.05) is 18.7 Å². The summed E-state index contributed by atoms with van der Waals surface area (Å²) in [5.74, 6) is -0.149. The van der Waals surface area contributed by atoms with Gasteiger partial charge in [-0.25, -0.2) is 8.42 Å². The monoisotopic (exact) mass is 372 g/mol. The average Bonchev–Trinajstić information content (AvgIpc) is 2.69. The van der Waals surface area contributed by atoms with E-state index in [1.54, 1.807) is 54.6 Å². The standard InChI is InChI=1S/C20H24N2O3S/c1-22(26(24,25)19-13-6-3-7-14-19)18-12-8-9-16(15-18)20(23)21-17-10-4-2-5-11-17/h3,6-9,12-15,17H,2,4-5,10-11H2,1H3,(H,21,23). The summed E-state index contributed by atoms with van der Waals surface area (Å²) in [7, 11) is -2.16. The van der Waals surface area contributed by atoms with Crippen LogP contribution < -0.4 is 9.62 Å². The molecule has 0 atom stereocenters. The van der Waals surface area contributed by atoms with Crippen molar-refractivity contribution in [3.63, 3.8) is 0 Å². The molecule has 138 valence electrons. The summed E-state index contributed by atoms with van der Waals surface area (Å²) in [5, 5.41) is 3.06. The van der Waals surface area contributed by atoms with Gasteiger partial charge in [0.25, 0.3) is 15.9 Å². The number of hydrogen-bond donors (Lipinski definition) is 1. The molecule has 0 heterocycles. The van der Waals surface area contributed by atoms with Crippen molar-refractivity contribution in [2.75, 3.05) is 11.4 Å². The molecular weight excluding hydrogens is 348 g/mol. The summed E-state index contributed by atoms with van der Waals surface area (Å²) < 4.78 is 26.7. The van der Waals surface area contributed by atoms with Crippen LogP contribution >= 0.6 is 0 Å². The summed E-state index contributed by atoms with van der Waals surface area (Å²) in [5.41, 5.74) is 0.938. The molecule has 0 unspecified atom stereocenters. The van der Waals surface area contributed by atoms with Crippen LogP contribution in [0, 0.1) is 0 Å². The number of sulfonamides is 1. The highest BCUT2D eigenvalue weighted by Gasteiger charge is 2.22. The predicted octanol–water partition coefficient (Wildman–Crippen LogP) is 3.57. The van der Waals surface area contributed by atoms with Crippen molar-refractivity contribution in [2.45, 2.75) is 43.0 Å². The zero-order valence-corrected chi connectivity index (χ0v) is 15.7. The van der Waals surface area contributed by atoms with E-state index in [0.717, 1.165) is 25.7 Å². The van der Waals surface area contributed by atoms with Crippen LogP contribution in [-0.4, -0.2) is 27.4 Å². The number of benzene rings is 2. The number of nitrogens with zero attached hydrogens (tertiary/aromatic N) is 1. The lowest BCUT2D eigenvalue weighted by atomic mass is 9.95. The van der Waals surface area contributed by atoms with Gasteiger partial charge in [-0.3, -0.25) is 9.10 Å². The highest BCUT2D eigenvalue weighted by molar-refractivity contribution is 7.92. The molecule has 0 bridgehead atoms. The third-order valence-corrected chi connectivity index (χ3v) is 6.61. The molecule has 1 N–H and O–H groups in total. The maximum atomic E-state index is 12.8. The number of amides is 1. The molecule has 0 aliphatic heterocycles. The van der Waals surface area contributed by atoms with E-state index in [9.17, 15) is 13.2 Å². The van der Waals surface area contributed by atoms with Gasteiger partial charge in [-0.1, -0.05) is 43.5 Å². The van der Waals surface area contributed by atoms with E-state index in [1.165, 1.54) is 17.8 Å². The van der Waals surface area contributed by atoms with Crippen LogP contribution in [0.3, 0.4) is 0 Å². The molecular formula is C20H24N2O3S. The van der Waals surface area contributed by atoms with Gasteiger partial charge in [0.05, 0.1) is 10.6 Å². The number of carbonyl (C=O) groups excluding carboxylic acids is 1. The Morgan fingerprint density at radius 2 is 1.69 bits per heavy atom. The fourth-order valence-electron chi connectivity index (χ4n) is 3.25. The van der Waals surface area contributed by atoms with Crippen LogP contribution in [0.25, 0.3) is 0 Å². The topological polar surface area (TPSA) is 66.5 Å². The van der Waals surface area contributed by atoms with Crippen LogP contribution in [0.5, 0.6) is 0 Å². The molecule has 26 heavy (non-hydrogen) atoms. The maximum Gasteiger partial charge on any atom is 0.264 e. The molecule has 3 rings (SSSR count). The second-order valence-corrected chi connectivity index (χ2v) is 8.61. The highest BCUT2D eigenvalue weighted by Crippen LogP contribution is 2.23. The van der Waals surface area contributed by atoms with E-state index in [1.807, 2.05) is 0 Å². The van der Waals surface area contributed by atoms with Gasteiger partial charge < -0.3 is 5.32 Å². The Morgan fingerprint density at radius 3 is 2.38 bits per heavy atom. The number of nitrogens with one attached hydrogen (secondary N) is 1. The molecule has 0 aromatic heterocycles. The molecule has 0 spiro atoms. The quantitative estimate of drug-likeness (QED) is 0.872. The lowest BCUT2D eigenvalue weighted by molar-refractivity contribution is 0.0927. The summed E-state index contributed by atoms with van der Waals surface area (Å²) in [6.07, 6.45) is 5.53. The number of rotatable bonds is 5. The summed E-state index contributed by atoms with van der Waals surface area (Å²) in [6.45, 7) is 0. The largest absolute Gasteiger partial charge is 0.349 e. The normalized spacial score (nSPS) is 15.4. The van der Waals surface area contributed by atoms with Gasteiger partial charge in [-0.2, -0.15) is 0 Å². The molecule has 2 aromatic rings. The maximum absolute atomic E-state index is 12.8. The first-order valence-corrected chi connectivity index (χ1v) is 10.4. The van der Waals surface area contributed by atoms with Gasteiger partial charge >= 0.3 is 0 Å². The number of anilines is 1. The molecule has 6 heteroatoms. The van der Waals surface area contributed by atoms with Gasteiger partial charge in [-0.15, -0.1) is 0 Å². The minimum Gasteiger partial charge on any atom is -0.349 e. The first kappa shape index (κ1) is 18.5. The minimum absolute atomic E-state index is 0.149. The molecule has 0 radical (unpaired) electrons. The molecule has 0 saturated heterocycles. The average molecular weight is 372 g/mol. The van der Waals surface area contributed by atoms with E-state index in [4.69, 9.17) is 0 Å². The molecule has 1 aliphatic carbocycles. The van der Waals surface area contributed by atoms with Crippen molar-refractivity contribution in [2.24, 2.45) is 0 Å². The summed E-state index contributed by atoms with van der Waals surface area (Å²) in [6, 6.07) is 15.2. The molecule has 1 fully saturated rings. The Labute approximate surface area is 155 Å². The Hall–Kier alpha value is -2.34. The third-order valence-electron chi connectivity index (χ3n) is 4.81. The molecule has 5 nitrogen and oxygen atoms in total. The predicted molar refractivity (Wildman–Crippen MR) is 103 cm³/mol. The van der Waals surface area contributed by atoms with Crippen LogP contribution in [0.15, 0.2) is 59.5 Å². The fraction of sp³-hybridized carbons (Fsp3) is 0.350. The molecule has 1 saturated carbocycles. The van der Waals surface area contributed by atoms with Crippen molar-refractivity contribution in [1.82, 2.24) is 5.32 Å². The van der Waals surface area contributed by atoms with Crippen LogP contribution in [0.2, 0.25) is 0 Å². The minimum atomic E-state index is -3.66. The van der Waals surface area contributed by atoms with Crippen molar-refractivity contribution >= 4 is 21.6 Å². The number of carbonyl (C=O) groups is 1. The van der Waals surface area contributed by atoms with Gasteiger partial charge in [-0.05, 0) is 43.2 Å². The lowest BCUT2D eigenvalue weighted by Crippen LogP contribution is -2.36. The zero-order chi connectivity index (χ0) is 18.6. The van der Waals surface area contributed by atoms with Crippen LogP contribution in [-0.2, 0) is 10.0 Å². The second-order valence-electron chi connectivity index (χ2n) is 6.64. The summed E-state index contributed by atoms with van der Waals surface area (Å²) >= 11 is 0. The zero-order valence-electron chi connectivity index (χ0n) is 14.9. The Bertz CT molecular complexity index is 860. The second kappa shape index (κ2) is 7.91. The first-order chi connectivity index (χ1) is 12.5. The van der Waals surface area contributed by atoms with Crippen LogP contribution in [0.1, 0.15) is 42.5 Å². The van der Waals surface area contributed by atoms with E-state index in [-0.39, 0.29) is 16.8 Å². The van der Waals surface area contributed by atoms with Crippen molar-refractivity contribution in [3.8, 4) is 0 Å². The van der Waals surface area contributed by atoms with E-state index in [2.05, 4.69) is 5.32 Å². The smallest absolute Gasteiger partial charge is 0.264 e. The SMILES string of the molecule is CN(c1cccc(C(=O)NC2CCCCC2)c1)S(=O)(=O)c1ccccc1. The van der Waals surface area contributed by atoms with Gasteiger partial charge in [0.2, 0.25) is 0 Å². The van der Waals surface area contributed by atoms with Crippen molar-refractivity contribution < 1.29 is 13.2 Å². The third kappa shape index (κ3) is 4.07. The Kier molecular flexibility index (Phi) is 5.61. The Morgan fingerprint density at radius 1 is 1.00 bits per heavy atom. The molecule has 1 aliphatic rings. The van der Waals surface area contributed by atoms with Gasteiger partial charge in [0.15, 0.2) is 0 Å². The summed E-state index contributed by atoms with van der Waals surface area (Å²) in [4.78, 5) is 12.8. The van der Waals surface area contributed by atoms with Gasteiger partial charge in [0.1, 0.15) is 0 Å². The Balaban J connectivity index is 1.79. The first-order valence-electron chi connectivity index (χ1n) is 8.93. The van der Waals surface area contributed by atoms with Crippen molar-refractivity contribution in [1.29, 1.82) is 0 Å². The van der Waals surface area contributed by atoms with Crippen molar-refractivity contribution in [3.05, 3.63) is 60.2 Å². The van der Waals surface area contributed by atoms with Crippen LogP contribution in [0.4, 0.5) is 5.69 Å². The fourth-order valence-corrected chi connectivity index (χ4v) is 4.46. The number of hydrogen-bond acceptors (Lipinski definition) is 3. The molecule has 2 aromatic carbocycles.